The molecule has 0 saturated carbocycles. The van der Waals surface area contributed by atoms with E-state index in [4.69, 9.17) is 14.7 Å². The fraction of sp³-hybridized carbons (Fsp3) is 0.600. The highest BCUT2D eigenvalue weighted by Crippen LogP contribution is 2.24. The third kappa shape index (κ3) is 4.29. The Kier molecular flexibility index (Phi) is 5.53. The van der Waals surface area contributed by atoms with Gasteiger partial charge in [0.05, 0.1) is 22.7 Å². The van der Waals surface area contributed by atoms with Crippen molar-refractivity contribution in [2.75, 3.05) is 37.5 Å². The van der Waals surface area contributed by atoms with Crippen molar-refractivity contribution in [1.29, 1.82) is 0 Å². The predicted octanol–water partition coefficient (Wildman–Crippen LogP) is 2.08. The summed E-state index contributed by atoms with van der Waals surface area (Å²) in [7, 11) is -3.26. The minimum Gasteiger partial charge on any atom is -0.380 e. The molecule has 2 saturated heterocycles. The summed E-state index contributed by atoms with van der Waals surface area (Å²) in [5.74, 6) is 0.695. The van der Waals surface area contributed by atoms with E-state index >= 15 is 0 Å². The van der Waals surface area contributed by atoms with Gasteiger partial charge in [-0.05, 0) is 50.8 Å². The number of anilines is 1. The summed E-state index contributed by atoms with van der Waals surface area (Å²) < 4.78 is 29.3. The van der Waals surface area contributed by atoms with Gasteiger partial charge in [0.25, 0.3) is 0 Å². The van der Waals surface area contributed by atoms with E-state index in [0.29, 0.717) is 28.4 Å². The number of benzene rings is 1. The summed E-state index contributed by atoms with van der Waals surface area (Å²) in [5.41, 5.74) is 1.56. The number of nitrogens with one attached hydrogen (secondary N) is 1. The Bertz CT molecular complexity index is 957. The molecule has 152 valence electrons. The van der Waals surface area contributed by atoms with Crippen LogP contribution in [0.3, 0.4) is 0 Å². The van der Waals surface area contributed by atoms with E-state index in [9.17, 15) is 8.42 Å². The Morgan fingerprint density at radius 3 is 2.75 bits per heavy atom. The molecule has 2 unspecified atom stereocenters. The van der Waals surface area contributed by atoms with Crippen molar-refractivity contribution in [2.45, 2.75) is 49.6 Å². The van der Waals surface area contributed by atoms with Gasteiger partial charge in [-0.25, -0.2) is 18.4 Å². The van der Waals surface area contributed by atoms with Gasteiger partial charge in [-0.2, -0.15) is 0 Å². The molecule has 1 N–H and O–H groups in total. The van der Waals surface area contributed by atoms with Gasteiger partial charge in [-0.1, -0.05) is 0 Å². The Morgan fingerprint density at radius 1 is 1.14 bits per heavy atom. The van der Waals surface area contributed by atoms with Crippen molar-refractivity contribution in [2.24, 2.45) is 0 Å². The van der Waals surface area contributed by atoms with E-state index in [0.717, 1.165) is 63.1 Å². The zero-order chi connectivity index (χ0) is 19.7. The van der Waals surface area contributed by atoms with E-state index in [1.165, 1.54) is 6.26 Å². The molecule has 8 heteroatoms. The van der Waals surface area contributed by atoms with Crippen LogP contribution in [0.4, 0.5) is 5.95 Å². The number of hydrogen-bond donors (Lipinski definition) is 1. The standard InChI is InChI=1S/C20H28N4O3S/c1-14-18-6-5-17(28(2,25)26)12-19(18)23-20(21-14)24-9-3-4-15(7-10-24)22-16-8-11-27-13-16/h5-6,12,15-16,22H,3-4,7-11,13H2,1-2H3. The number of fused-ring (bicyclic) bond motifs is 1. The molecule has 2 atom stereocenters. The van der Waals surface area contributed by atoms with Gasteiger partial charge in [0.15, 0.2) is 9.84 Å². The smallest absolute Gasteiger partial charge is 0.226 e. The molecule has 0 amide bonds. The minimum absolute atomic E-state index is 0.294. The lowest BCUT2D eigenvalue weighted by molar-refractivity contribution is 0.187. The first kappa shape index (κ1) is 19.5. The quantitative estimate of drug-likeness (QED) is 0.835. The highest BCUT2D eigenvalue weighted by atomic mass is 32.2. The monoisotopic (exact) mass is 404 g/mol. The predicted molar refractivity (Wildman–Crippen MR) is 110 cm³/mol. The van der Waals surface area contributed by atoms with Crippen LogP contribution >= 0.6 is 0 Å². The summed E-state index contributed by atoms with van der Waals surface area (Å²) in [6.07, 6.45) is 5.57. The largest absolute Gasteiger partial charge is 0.380 e. The van der Waals surface area contributed by atoms with Crippen molar-refractivity contribution < 1.29 is 13.2 Å². The van der Waals surface area contributed by atoms with E-state index in [1.807, 2.05) is 6.92 Å². The third-order valence-corrected chi connectivity index (χ3v) is 6.80. The van der Waals surface area contributed by atoms with Crippen LogP contribution in [0.25, 0.3) is 10.9 Å². The highest BCUT2D eigenvalue weighted by molar-refractivity contribution is 7.90. The molecule has 2 aliphatic heterocycles. The zero-order valence-electron chi connectivity index (χ0n) is 16.5. The van der Waals surface area contributed by atoms with Crippen molar-refractivity contribution in [3.63, 3.8) is 0 Å². The average Bonchev–Trinajstić information content (AvgIpc) is 3.04. The van der Waals surface area contributed by atoms with Crippen LogP contribution in [0.15, 0.2) is 23.1 Å². The van der Waals surface area contributed by atoms with Crippen LogP contribution < -0.4 is 10.2 Å². The molecule has 0 spiro atoms. The van der Waals surface area contributed by atoms with Crippen LogP contribution in [0.2, 0.25) is 0 Å². The van der Waals surface area contributed by atoms with Gasteiger partial charge in [0.1, 0.15) is 0 Å². The molecule has 2 aliphatic rings. The number of hydrogen-bond acceptors (Lipinski definition) is 7. The number of nitrogens with zero attached hydrogens (tertiary/aromatic N) is 3. The lowest BCUT2D eigenvalue weighted by Crippen LogP contribution is -2.39. The van der Waals surface area contributed by atoms with Crippen molar-refractivity contribution >= 4 is 26.7 Å². The lowest BCUT2D eigenvalue weighted by Gasteiger charge is -2.22. The lowest BCUT2D eigenvalue weighted by atomic mass is 10.1. The molecular formula is C20H28N4O3S. The van der Waals surface area contributed by atoms with E-state index in [1.54, 1.807) is 18.2 Å². The topological polar surface area (TPSA) is 84.4 Å². The molecule has 0 radical (unpaired) electrons. The van der Waals surface area contributed by atoms with Crippen molar-refractivity contribution in [3.8, 4) is 0 Å². The van der Waals surface area contributed by atoms with Gasteiger partial charge < -0.3 is 15.0 Å². The minimum atomic E-state index is -3.26. The summed E-state index contributed by atoms with van der Waals surface area (Å²) in [4.78, 5) is 11.9. The molecule has 2 aromatic rings. The first-order valence-electron chi connectivity index (χ1n) is 9.97. The Morgan fingerprint density at radius 2 is 2.00 bits per heavy atom. The van der Waals surface area contributed by atoms with E-state index in [2.05, 4.69) is 10.2 Å². The normalized spacial score (nSPS) is 23.9. The summed E-state index contributed by atoms with van der Waals surface area (Å²) >= 11 is 0. The average molecular weight is 405 g/mol. The van der Waals surface area contributed by atoms with Gasteiger partial charge >= 0.3 is 0 Å². The SMILES string of the molecule is Cc1nc(N2CCCC(NC3CCOC3)CC2)nc2cc(S(C)(=O)=O)ccc12. The molecule has 7 nitrogen and oxygen atoms in total. The Labute approximate surface area is 166 Å². The second kappa shape index (κ2) is 7.93. The van der Waals surface area contributed by atoms with Crippen LogP contribution in [-0.4, -0.2) is 63.0 Å². The fourth-order valence-corrected chi connectivity index (χ4v) is 4.73. The first-order chi connectivity index (χ1) is 13.4. The van der Waals surface area contributed by atoms with Crippen LogP contribution in [-0.2, 0) is 14.6 Å². The first-order valence-corrected chi connectivity index (χ1v) is 11.9. The number of aryl methyl sites for hydroxylation is 1. The molecule has 2 fully saturated rings. The Hall–Kier alpha value is -1.77. The van der Waals surface area contributed by atoms with E-state index in [-0.39, 0.29) is 0 Å². The number of aromatic nitrogens is 2. The fourth-order valence-electron chi connectivity index (χ4n) is 4.09. The molecule has 0 bridgehead atoms. The van der Waals surface area contributed by atoms with Crippen LogP contribution in [0, 0.1) is 6.92 Å². The van der Waals surface area contributed by atoms with Gasteiger partial charge in [0, 0.05) is 43.4 Å². The van der Waals surface area contributed by atoms with E-state index < -0.39 is 9.84 Å². The number of ether oxygens (including phenoxy) is 1. The van der Waals surface area contributed by atoms with Gasteiger partial charge in [-0.3, -0.25) is 0 Å². The molecule has 28 heavy (non-hydrogen) atoms. The second-order valence-electron chi connectivity index (χ2n) is 7.90. The molecule has 1 aromatic heterocycles. The van der Waals surface area contributed by atoms with Gasteiger partial charge in [-0.15, -0.1) is 0 Å². The van der Waals surface area contributed by atoms with Crippen LogP contribution in [0.1, 0.15) is 31.4 Å². The maximum Gasteiger partial charge on any atom is 0.226 e. The summed E-state index contributed by atoms with van der Waals surface area (Å²) in [6, 6.07) is 6.06. The third-order valence-electron chi connectivity index (χ3n) is 5.69. The zero-order valence-corrected chi connectivity index (χ0v) is 17.3. The molecule has 4 rings (SSSR count). The molecule has 1 aromatic carbocycles. The maximum atomic E-state index is 11.9. The summed E-state index contributed by atoms with van der Waals surface area (Å²) in [6.45, 7) is 5.43. The molecule has 3 heterocycles. The van der Waals surface area contributed by atoms with Crippen molar-refractivity contribution in [3.05, 3.63) is 23.9 Å². The second-order valence-corrected chi connectivity index (χ2v) is 9.92. The highest BCUT2D eigenvalue weighted by Gasteiger charge is 2.23. The van der Waals surface area contributed by atoms with Crippen molar-refractivity contribution in [1.82, 2.24) is 15.3 Å². The molecular weight excluding hydrogens is 376 g/mol. The molecule has 0 aliphatic carbocycles. The number of rotatable bonds is 4. The van der Waals surface area contributed by atoms with Gasteiger partial charge in [0.2, 0.25) is 5.95 Å². The van der Waals surface area contributed by atoms with Crippen LogP contribution in [0.5, 0.6) is 0 Å². The number of sulfone groups is 1. The maximum absolute atomic E-state index is 11.9. The Balaban J connectivity index is 1.54. The summed E-state index contributed by atoms with van der Waals surface area (Å²) in [5, 5.41) is 4.63.